The van der Waals surface area contributed by atoms with Crippen LogP contribution in [-0.2, 0) is 8.98 Å². The van der Waals surface area contributed by atoms with E-state index in [1.165, 1.54) is 0 Å². The summed E-state index contributed by atoms with van der Waals surface area (Å²) in [6.45, 7) is 0.628. The van der Waals surface area contributed by atoms with Crippen molar-refractivity contribution in [1.82, 2.24) is 0 Å². The molecule has 0 bridgehead atoms. The average molecular weight is 178 g/mol. The van der Waals surface area contributed by atoms with Crippen LogP contribution in [0.15, 0.2) is 0 Å². The zero-order valence-electron chi connectivity index (χ0n) is 6.32. The van der Waals surface area contributed by atoms with Gasteiger partial charge in [-0.05, 0) is 19.4 Å². The van der Waals surface area contributed by atoms with E-state index in [1.54, 1.807) is 0 Å². The van der Waals surface area contributed by atoms with Gasteiger partial charge in [0.2, 0.25) is 0 Å². The molecule has 0 heterocycles. The van der Waals surface area contributed by atoms with E-state index in [0.717, 1.165) is 12.8 Å². The number of thiol groups is 1. The van der Waals surface area contributed by atoms with Crippen molar-refractivity contribution in [3.05, 3.63) is 0 Å². The molecule has 0 amide bonds. The summed E-state index contributed by atoms with van der Waals surface area (Å²) in [6.07, 6.45) is 2.34. The second-order valence-electron chi connectivity index (χ2n) is 2.30. The zero-order chi connectivity index (χ0) is 8.69. The van der Waals surface area contributed by atoms with Crippen molar-refractivity contribution in [3.8, 4) is 0 Å². The zero-order valence-corrected chi connectivity index (χ0v) is 7.22. The first-order valence-corrected chi connectivity index (χ1v) is 3.89. The van der Waals surface area contributed by atoms with Crippen LogP contribution in [0.25, 0.3) is 0 Å². The molecule has 0 saturated carbocycles. The molecule has 0 aromatic rings. The molecule has 4 nitrogen and oxygen atoms in total. The summed E-state index contributed by atoms with van der Waals surface area (Å²) in [5.41, 5.74) is 10.7. The van der Waals surface area contributed by atoms with Gasteiger partial charge in [-0.2, -0.15) is 0 Å². The first-order valence-electron chi connectivity index (χ1n) is 3.53. The van der Waals surface area contributed by atoms with E-state index in [9.17, 15) is 4.79 Å². The minimum atomic E-state index is -0.556. The fraction of sp³-hybridized carbons (Fsp3) is 0.833. The molecule has 11 heavy (non-hydrogen) atoms. The van der Waals surface area contributed by atoms with Crippen LogP contribution in [0.4, 0.5) is 0 Å². The molecule has 4 N–H and O–H groups in total. The Morgan fingerprint density at radius 2 is 2.18 bits per heavy atom. The number of hydrogen-bond donors (Lipinski definition) is 3. The summed E-state index contributed by atoms with van der Waals surface area (Å²) in [4.78, 5) is 10.7. The minimum absolute atomic E-state index is 0.481. The normalized spacial score (nSPS) is 12.6. The summed E-state index contributed by atoms with van der Waals surface area (Å²) in [6, 6.07) is -0.556. The molecule has 0 aliphatic carbocycles. The molecule has 0 unspecified atom stereocenters. The van der Waals surface area contributed by atoms with E-state index in [2.05, 4.69) is 17.1 Å². The number of carbonyl (C=O) groups excluding carboxylic acids is 1. The van der Waals surface area contributed by atoms with Gasteiger partial charge in [0.05, 0.1) is 0 Å². The Labute approximate surface area is 71.9 Å². The Balaban J connectivity index is 3.36. The number of unbranched alkanes of at least 4 members (excludes halogenated alkanes) is 1. The maximum absolute atomic E-state index is 10.7. The highest BCUT2D eigenvalue weighted by molar-refractivity contribution is 7.75. The second kappa shape index (κ2) is 6.45. The third kappa shape index (κ3) is 5.06. The number of nitrogens with two attached hydrogens (primary N) is 2. The van der Waals surface area contributed by atoms with Crippen LogP contribution in [0.1, 0.15) is 19.3 Å². The van der Waals surface area contributed by atoms with E-state index in [1.807, 2.05) is 0 Å². The standard InChI is InChI=1S/C6H14N2O2S/c7-4-2-1-3-5(8)6(9)10-11/h5,11H,1-4,7-8H2/t5-/m0/s1. The molecule has 0 fully saturated rings. The summed E-state index contributed by atoms with van der Waals surface area (Å²) in [5, 5.41) is 0. The molecular weight excluding hydrogens is 164 g/mol. The van der Waals surface area contributed by atoms with Gasteiger partial charge in [0.1, 0.15) is 6.04 Å². The van der Waals surface area contributed by atoms with Gasteiger partial charge in [-0.15, -0.1) is 0 Å². The molecule has 1 atom stereocenters. The number of rotatable bonds is 5. The van der Waals surface area contributed by atoms with Crippen molar-refractivity contribution in [2.45, 2.75) is 25.3 Å². The Kier molecular flexibility index (Phi) is 6.30. The Hall–Kier alpha value is -0.260. The molecule has 0 aromatic carbocycles. The summed E-state index contributed by atoms with van der Waals surface area (Å²) < 4.78 is 4.14. The topological polar surface area (TPSA) is 78.3 Å². The van der Waals surface area contributed by atoms with Gasteiger partial charge in [0, 0.05) is 12.9 Å². The van der Waals surface area contributed by atoms with Gasteiger partial charge in [-0.3, -0.25) is 0 Å². The van der Waals surface area contributed by atoms with Crippen LogP contribution < -0.4 is 11.5 Å². The van der Waals surface area contributed by atoms with E-state index >= 15 is 0 Å². The molecule has 0 spiro atoms. The van der Waals surface area contributed by atoms with Crippen LogP contribution in [0.3, 0.4) is 0 Å². The van der Waals surface area contributed by atoms with Gasteiger partial charge in [0.15, 0.2) is 0 Å². The monoisotopic (exact) mass is 178 g/mol. The highest BCUT2D eigenvalue weighted by Crippen LogP contribution is 2.00. The van der Waals surface area contributed by atoms with E-state index in [4.69, 9.17) is 11.5 Å². The quantitative estimate of drug-likeness (QED) is 0.310. The predicted octanol–water partition coefficient (Wildman–Crippen LogP) is -0.169. The lowest BCUT2D eigenvalue weighted by Gasteiger charge is -2.06. The summed E-state index contributed by atoms with van der Waals surface area (Å²) in [5.74, 6) is -0.481. The summed E-state index contributed by atoms with van der Waals surface area (Å²) in [7, 11) is 0. The first kappa shape index (κ1) is 10.7. The van der Waals surface area contributed by atoms with Gasteiger partial charge < -0.3 is 15.7 Å². The molecule has 0 aliphatic rings. The molecule has 0 saturated heterocycles. The van der Waals surface area contributed by atoms with Gasteiger partial charge >= 0.3 is 5.97 Å². The Bertz CT molecular complexity index is 121. The number of hydrogen-bond acceptors (Lipinski definition) is 5. The van der Waals surface area contributed by atoms with E-state index in [-0.39, 0.29) is 0 Å². The molecule has 0 radical (unpaired) electrons. The highest BCUT2D eigenvalue weighted by Gasteiger charge is 2.12. The lowest BCUT2D eigenvalue weighted by molar-refractivity contribution is -0.134. The van der Waals surface area contributed by atoms with Gasteiger partial charge in [-0.25, -0.2) is 4.79 Å². The predicted molar refractivity (Wildman–Crippen MR) is 46.0 cm³/mol. The van der Waals surface area contributed by atoms with Crippen LogP contribution >= 0.6 is 12.9 Å². The second-order valence-corrected chi connectivity index (χ2v) is 2.48. The van der Waals surface area contributed by atoms with E-state index in [0.29, 0.717) is 13.0 Å². The molecule has 66 valence electrons. The summed E-state index contributed by atoms with van der Waals surface area (Å²) >= 11 is 3.35. The molecule has 0 aromatic heterocycles. The maximum Gasteiger partial charge on any atom is 0.334 e. The molecule has 0 rings (SSSR count). The van der Waals surface area contributed by atoms with Crippen LogP contribution in [0.5, 0.6) is 0 Å². The van der Waals surface area contributed by atoms with Crippen LogP contribution in [0.2, 0.25) is 0 Å². The average Bonchev–Trinajstić information content (AvgIpc) is 2.03. The lowest BCUT2D eigenvalue weighted by atomic mass is 10.1. The van der Waals surface area contributed by atoms with Crippen molar-refractivity contribution >= 4 is 18.9 Å². The fourth-order valence-electron chi connectivity index (χ4n) is 0.694. The van der Waals surface area contributed by atoms with Crippen molar-refractivity contribution in [2.75, 3.05) is 6.54 Å². The van der Waals surface area contributed by atoms with E-state index < -0.39 is 12.0 Å². The lowest BCUT2D eigenvalue weighted by Crippen LogP contribution is -2.30. The van der Waals surface area contributed by atoms with Crippen molar-refractivity contribution in [2.24, 2.45) is 11.5 Å². The van der Waals surface area contributed by atoms with Crippen molar-refractivity contribution in [3.63, 3.8) is 0 Å². The SMILES string of the molecule is NCCCC[C@H](N)C(=O)OS. The Morgan fingerprint density at radius 3 is 2.64 bits per heavy atom. The minimum Gasteiger partial charge on any atom is -0.393 e. The smallest absolute Gasteiger partial charge is 0.334 e. The van der Waals surface area contributed by atoms with Gasteiger partial charge in [0.25, 0.3) is 0 Å². The largest absolute Gasteiger partial charge is 0.393 e. The van der Waals surface area contributed by atoms with Crippen molar-refractivity contribution in [1.29, 1.82) is 0 Å². The van der Waals surface area contributed by atoms with Crippen LogP contribution in [0, 0.1) is 0 Å². The Morgan fingerprint density at radius 1 is 1.55 bits per heavy atom. The third-order valence-corrected chi connectivity index (χ3v) is 1.54. The number of carbonyl (C=O) groups is 1. The molecule has 5 heteroatoms. The molecule has 0 aliphatic heterocycles. The highest BCUT2D eigenvalue weighted by atomic mass is 32.1. The van der Waals surface area contributed by atoms with Crippen LogP contribution in [-0.4, -0.2) is 18.6 Å². The first-order chi connectivity index (χ1) is 5.22. The van der Waals surface area contributed by atoms with Gasteiger partial charge in [-0.1, -0.05) is 6.42 Å². The van der Waals surface area contributed by atoms with Crippen molar-refractivity contribution < 1.29 is 8.98 Å². The molecular formula is C6H14N2O2S. The fourth-order valence-corrected chi connectivity index (χ4v) is 0.830. The third-order valence-electron chi connectivity index (χ3n) is 1.36. The maximum atomic E-state index is 10.7.